The molecule has 0 atom stereocenters. The van der Waals surface area contributed by atoms with Gasteiger partial charge in [0.1, 0.15) is 0 Å². The number of hydrazone groups is 1. The number of hydrogen-bond donors (Lipinski definition) is 1. The standard InChI is InChI=1S/C16H14FN3O4/c1-11(12-5-4-6-13(9-12)20(22)23)18-19-16(21)10-24-15-8-3-2-7-14(15)17/h2-9H,10H2,1H3,(H,19,21)/b18-11-. The smallest absolute Gasteiger partial charge is 0.277 e. The molecule has 1 amide bonds. The molecule has 0 aliphatic rings. The Kier molecular flexibility index (Phi) is 5.56. The molecule has 0 fully saturated rings. The lowest BCUT2D eigenvalue weighted by Gasteiger charge is -2.06. The van der Waals surface area contributed by atoms with Gasteiger partial charge in [0.2, 0.25) is 0 Å². The molecule has 0 heterocycles. The van der Waals surface area contributed by atoms with E-state index in [1.54, 1.807) is 19.1 Å². The largest absolute Gasteiger partial charge is 0.481 e. The first kappa shape index (κ1) is 17.1. The molecule has 0 aliphatic heterocycles. The average molecular weight is 331 g/mol. The Morgan fingerprint density at radius 2 is 2.04 bits per heavy atom. The van der Waals surface area contributed by atoms with E-state index in [1.807, 2.05) is 0 Å². The van der Waals surface area contributed by atoms with Crippen LogP contribution in [0, 0.1) is 15.9 Å². The molecule has 0 spiro atoms. The second kappa shape index (κ2) is 7.82. The van der Waals surface area contributed by atoms with Crippen LogP contribution in [0.1, 0.15) is 12.5 Å². The van der Waals surface area contributed by atoms with Crippen LogP contribution in [-0.4, -0.2) is 23.1 Å². The Morgan fingerprint density at radius 3 is 2.75 bits per heavy atom. The maximum Gasteiger partial charge on any atom is 0.277 e. The summed E-state index contributed by atoms with van der Waals surface area (Å²) in [5, 5.41) is 14.6. The first-order chi connectivity index (χ1) is 11.5. The van der Waals surface area contributed by atoms with Gasteiger partial charge in [-0.05, 0) is 19.1 Å². The average Bonchev–Trinajstić information content (AvgIpc) is 2.59. The fourth-order valence-corrected chi connectivity index (χ4v) is 1.79. The van der Waals surface area contributed by atoms with E-state index >= 15 is 0 Å². The highest BCUT2D eigenvalue weighted by atomic mass is 19.1. The maximum atomic E-state index is 13.3. The summed E-state index contributed by atoms with van der Waals surface area (Å²) in [4.78, 5) is 21.9. The molecule has 0 bridgehead atoms. The van der Waals surface area contributed by atoms with Crippen molar-refractivity contribution in [3.05, 3.63) is 70.0 Å². The number of rotatable bonds is 6. The van der Waals surface area contributed by atoms with Crippen molar-refractivity contribution >= 4 is 17.3 Å². The number of nitro groups is 1. The molecule has 0 radical (unpaired) electrons. The lowest BCUT2D eigenvalue weighted by atomic mass is 10.1. The Morgan fingerprint density at radius 1 is 1.29 bits per heavy atom. The fraction of sp³-hybridized carbons (Fsp3) is 0.125. The summed E-state index contributed by atoms with van der Waals surface area (Å²) in [6.45, 7) is 1.18. The summed E-state index contributed by atoms with van der Waals surface area (Å²) >= 11 is 0. The molecular formula is C16H14FN3O4. The third-order valence-electron chi connectivity index (χ3n) is 3.02. The molecule has 2 aromatic rings. The number of nitro benzene ring substituents is 1. The zero-order chi connectivity index (χ0) is 17.5. The minimum atomic E-state index is -0.581. The molecule has 2 aromatic carbocycles. The number of benzene rings is 2. The number of hydrogen-bond acceptors (Lipinski definition) is 5. The van der Waals surface area contributed by atoms with Crippen molar-refractivity contribution < 1.29 is 18.8 Å². The molecule has 124 valence electrons. The molecule has 7 nitrogen and oxygen atoms in total. The summed E-state index contributed by atoms with van der Waals surface area (Å²) in [5.74, 6) is -1.18. The van der Waals surface area contributed by atoms with E-state index in [0.29, 0.717) is 11.3 Å². The molecule has 0 aromatic heterocycles. The molecule has 0 saturated carbocycles. The van der Waals surface area contributed by atoms with Crippen molar-refractivity contribution in [2.75, 3.05) is 6.61 Å². The summed E-state index contributed by atoms with van der Waals surface area (Å²) in [6, 6.07) is 11.6. The summed E-state index contributed by atoms with van der Waals surface area (Å²) in [7, 11) is 0. The summed E-state index contributed by atoms with van der Waals surface area (Å²) in [5.41, 5.74) is 3.06. The van der Waals surface area contributed by atoms with E-state index in [4.69, 9.17) is 4.74 Å². The van der Waals surface area contributed by atoms with Gasteiger partial charge in [0.15, 0.2) is 18.2 Å². The summed E-state index contributed by atoms with van der Waals surface area (Å²) < 4.78 is 18.4. The first-order valence-electron chi connectivity index (χ1n) is 6.92. The van der Waals surface area contributed by atoms with Crippen LogP contribution >= 0.6 is 0 Å². The van der Waals surface area contributed by atoms with Crippen molar-refractivity contribution in [3.8, 4) is 5.75 Å². The van der Waals surface area contributed by atoms with Crippen LogP contribution < -0.4 is 10.2 Å². The van der Waals surface area contributed by atoms with E-state index < -0.39 is 23.3 Å². The minimum absolute atomic E-state index is 0.0352. The first-order valence-corrected chi connectivity index (χ1v) is 6.92. The van der Waals surface area contributed by atoms with Crippen molar-refractivity contribution in [2.24, 2.45) is 5.10 Å². The van der Waals surface area contributed by atoms with Crippen LogP contribution in [0.2, 0.25) is 0 Å². The molecule has 0 unspecified atom stereocenters. The van der Waals surface area contributed by atoms with E-state index in [1.165, 1.54) is 36.4 Å². The molecule has 24 heavy (non-hydrogen) atoms. The van der Waals surface area contributed by atoms with Crippen LogP contribution in [0.15, 0.2) is 53.6 Å². The highest BCUT2D eigenvalue weighted by Crippen LogP contribution is 2.15. The highest BCUT2D eigenvalue weighted by Gasteiger charge is 2.09. The lowest BCUT2D eigenvalue weighted by Crippen LogP contribution is -2.25. The van der Waals surface area contributed by atoms with Crippen LogP contribution in [0.3, 0.4) is 0 Å². The van der Waals surface area contributed by atoms with Gasteiger partial charge in [0.05, 0.1) is 10.6 Å². The lowest BCUT2D eigenvalue weighted by molar-refractivity contribution is -0.384. The van der Waals surface area contributed by atoms with Gasteiger partial charge >= 0.3 is 0 Å². The summed E-state index contributed by atoms with van der Waals surface area (Å²) in [6.07, 6.45) is 0. The monoisotopic (exact) mass is 331 g/mol. The fourth-order valence-electron chi connectivity index (χ4n) is 1.79. The Labute approximate surface area is 136 Å². The minimum Gasteiger partial charge on any atom is -0.481 e. The van der Waals surface area contributed by atoms with Crippen LogP contribution in [-0.2, 0) is 4.79 Å². The zero-order valence-electron chi connectivity index (χ0n) is 12.7. The Hall–Kier alpha value is -3.29. The number of nitrogens with zero attached hydrogens (tertiary/aromatic N) is 2. The van der Waals surface area contributed by atoms with Gasteiger partial charge in [-0.25, -0.2) is 9.82 Å². The molecule has 2 rings (SSSR count). The second-order valence-corrected chi connectivity index (χ2v) is 4.76. The van der Waals surface area contributed by atoms with Crippen molar-refractivity contribution in [1.82, 2.24) is 5.43 Å². The van der Waals surface area contributed by atoms with Crippen molar-refractivity contribution in [3.63, 3.8) is 0 Å². The van der Waals surface area contributed by atoms with E-state index in [2.05, 4.69) is 10.5 Å². The third kappa shape index (κ3) is 4.60. The van der Waals surface area contributed by atoms with Gasteiger partial charge in [0, 0.05) is 17.7 Å². The van der Waals surface area contributed by atoms with E-state index in [-0.39, 0.29) is 11.4 Å². The maximum absolute atomic E-state index is 13.3. The molecule has 1 N–H and O–H groups in total. The normalized spacial score (nSPS) is 11.0. The van der Waals surface area contributed by atoms with Crippen LogP contribution in [0.25, 0.3) is 0 Å². The molecular weight excluding hydrogens is 317 g/mol. The van der Waals surface area contributed by atoms with Gasteiger partial charge in [-0.15, -0.1) is 0 Å². The second-order valence-electron chi connectivity index (χ2n) is 4.76. The van der Waals surface area contributed by atoms with Crippen LogP contribution in [0.5, 0.6) is 5.75 Å². The number of nitrogens with one attached hydrogen (secondary N) is 1. The van der Waals surface area contributed by atoms with Gasteiger partial charge in [-0.2, -0.15) is 5.10 Å². The number of para-hydroxylation sites is 1. The SMILES string of the molecule is C/C(=N/NC(=O)COc1ccccc1F)c1cccc([N+](=O)[O-])c1. The van der Waals surface area contributed by atoms with Gasteiger partial charge < -0.3 is 4.74 Å². The Balaban J connectivity index is 1.94. The third-order valence-corrected chi connectivity index (χ3v) is 3.02. The highest BCUT2D eigenvalue weighted by molar-refractivity contribution is 5.99. The number of non-ortho nitro benzene ring substituents is 1. The number of halogens is 1. The number of ether oxygens (including phenoxy) is 1. The molecule has 0 saturated heterocycles. The number of carbonyl (C=O) groups excluding carboxylic acids is 1. The molecule has 8 heteroatoms. The van der Waals surface area contributed by atoms with Crippen molar-refractivity contribution in [2.45, 2.75) is 6.92 Å². The number of amides is 1. The predicted octanol–water partition coefficient (Wildman–Crippen LogP) is 2.65. The number of carbonyl (C=O) groups is 1. The quantitative estimate of drug-likeness (QED) is 0.500. The van der Waals surface area contributed by atoms with Crippen molar-refractivity contribution in [1.29, 1.82) is 0 Å². The van der Waals surface area contributed by atoms with E-state index in [9.17, 15) is 19.3 Å². The topological polar surface area (TPSA) is 93.8 Å². The zero-order valence-corrected chi connectivity index (χ0v) is 12.7. The van der Waals surface area contributed by atoms with E-state index in [0.717, 1.165) is 0 Å². The Bertz CT molecular complexity index is 792. The van der Waals surface area contributed by atoms with Gasteiger partial charge in [-0.1, -0.05) is 24.3 Å². The van der Waals surface area contributed by atoms with Crippen LogP contribution in [0.4, 0.5) is 10.1 Å². The molecule has 0 aliphatic carbocycles. The predicted molar refractivity (Wildman–Crippen MR) is 85.3 cm³/mol. The van der Waals surface area contributed by atoms with Gasteiger partial charge in [0.25, 0.3) is 11.6 Å². The van der Waals surface area contributed by atoms with Gasteiger partial charge in [-0.3, -0.25) is 14.9 Å².